The number of carbonyl (C=O) groups is 1. The number of hydrogen-bond acceptors (Lipinski definition) is 1. The molecule has 1 aromatic carbocycles. The van der Waals surface area contributed by atoms with Crippen molar-refractivity contribution in [3.05, 3.63) is 53.1 Å². The molecule has 6 heteroatoms. The van der Waals surface area contributed by atoms with E-state index in [1.165, 1.54) is 12.2 Å². The molecule has 2 amide bonds. The Labute approximate surface area is 119 Å². The van der Waals surface area contributed by atoms with Crippen molar-refractivity contribution < 1.29 is 9.18 Å². The molecule has 100 valence electrons. The summed E-state index contributed by atoms with van der Waals surface area (Å²) in [5.41, 5.74) is 6.35. The van der Waals surface area contributed by atoms with Crippen LogP contribution in [0.4, 0.5) is 9.18 Å². The fourth-order valence-corrected chi connectivity index (χ4v) is 2.16. The first kappa shape index (κ1) is 13.9. The van der Waals surface area contributed by atoms with E-state index in [1.54, 1.807) is 30.3 Å². The molecule has 1 aliphatic carbocycles. The summed E-state index contributed by atoms with van der Waals surface area (Å²) in [6.07, 6.45) is 4.37. The molecule has 0 aromatic heterocycles. The molecule has 2 atom stereocenters. The van der Waals surface area contributed by atoms with E-state index < -0.39 is 17.2 Å². The van der Waals surface area contributed by atoms with E-state index in [9.17, 15) is 9.18 Å². The summed E-state index contributed by atoms with van der Waals surface area (Å²) in [5.74, 6) is 0. The van der Waals surface area contributed by atoms with Crippen molar-refractivity contribution in [2.45, 2.75) is 11.2 Å². The van der Waals surface area contributed by atoms with Crippen molar-refractivity contribution in [1.82, 2.24) is 5.32 Å². The molecule has 1 aromatic rings. The van der Waals surface area contributed by atoms with Crippen molar-refractivity contribution in [2.24, 2.45) is 5.73 Å². The van der Waals surface area contributed by atoms with Crippen LogP contribution in [0.2, 0.25) is 5.02 Å². The second-order valence-electron chi connectivity index (χ2n) is 4.13. The summed E-state index contributed by atoms with van der Waals surface area (Å²) in [6, 6.07) is 5.09. The molecule has 0 saturated heterocycles. The molecule has 0 heterocycles. The maximum Gasteiger partial charge on any atom is 0.312 e. The van der Waals surface area contributed by atoms with Gasteiger partial charge in [-0.05, 0) is 29.3 Å². The van der Waals surface area contributed by atoms with Gasteiger partial charge in [-0.3, -0.25) is 0 Å². The highest BCUT2D eigenvalue weighted by molar-refractivity contribution is 6.30. The lowest BCUT2D eigenvalue weighted by atomic mass is 9.95. The van der Waals surface area contributed by atoms with Crippen LogP contribution in [-0.2, 0) is 0 Å². The molecule has 2 rings (SSSR count). The number of hydrogen-bond donors (Lipinski definition) is 2. The fraction of sp³-hybridized carbons (Fsp3) is 0.154. The number of benzene rings is 1. The van der Waals surface area contributed by atoms with Gasteiger partial charge in [-0.1, -0.05) is 47.5 Å². The van der Waals surface area contributed by atoms with Crippen LogP contribution in [0.25, 0.3) is 5.57 Å². The molecule has 0 saturated carbocycles. The Bertz CT molecular complexity index is 552. The first-order valence-electron chi connectivity index (χ1n) is 5.49. The van der Waals surface area contributed by atoms with Crippen LogP contribution >= 0.6 is 23.2 Å². The minimum atomic E-state index is -2.22. The number of amides is 2. The van der Waals surface area contributed by atoms with Gasteiger partial charge in [0.1, 0.15) is 6.04 Å². The predicted octanol–water partition coefficient (Wildman–Crippen LogP) is 3.23. The van der Waals surface area contributed by atoms with E-state index in [1.807, 2.05) is 0 Å². The molecule has 2 unspecified atom stereocenters. The molecule has 0 aliphatic heterocycles. The Morgan fingerprint density at radius 1 is 1.37 bits per heavy atom. The van der Waals surface area contributed by atoms with Crippen molar-refractivity contribution in [2.75, 3.05) is 0 Å². The molecule has 0 spiro atoms. The lowest BCUT2D eigenvalue weighted by molar-refractivity contribution is 0.234. The summed E-state index contributed by atoms with van der Waals surface area (Å²) in [6.45, 7) is 0. The highest BCUT2D eigenvalue weighted by atomic mass is 35.5. The second kappa shape index (κ2) is 5.23. The van der Waals surface area contributed by atoms with Gasteiger partial charge in [-0.2, -0.15) is 0 Å². The third-order valence-electron chi connectivity index (χ3n) is 2.71. The summed E-state index contributed by atoms with van der Waals surface area (Å²) in [4.78, 5) is 10.8. The highest BCUT2D eigenvalue weighted by Gasteiger charge is 2.36. The third kappa shape index (κ3) is 3.28. The molecular formula is C13H11Cl2FN2O. The van der Waals surface area contributed by atoms with Crippen LogP contribution in [0.3, 0.4) is 0 Å². The summed E-state index contributed by atoms with van der Waals surface area (Å²) in [7, 11) is 0. The van der Waals surface area contributed by atoms with Crippen LogP contribution in [-0.4, -0.2) is 17.2 Å². The Morgan fingerprint density at radius 2 is 2.00 bits per heavy atom. The number of nitrogens with two attached hydrogens (primary N) is 1. The SMILES string of the molecule is NC(=O)NC1C=CC(c2ccc(Cl)cc2)=CC1(F)Cl. The van der Waals surface area contributed by atoms with Crippen LogP contribution in [0.1, 0.15) is 5.56 Å². The molecule has 1 aliphatic rings. The number of primary amides is 1. The Kier molecular flexibility index (Phi) is 3.83. The first-order valence-corrected chi connectivity index (χ1v) is 6.25. The summed E-state index contributed by atoms with van der Waals surface area (Å²) < 4.78 is 14.3. The van der Waals surface area contributed by atoms with Crippen molar-refractivity contribution >= 4 is 34.8 Å². The third-order valence-corrected chi connectivity index (χ3v) is 3.30. The standard InChI is InChI=1S/C13H11Cl2FN2O/c14-10-4-1-8(2-5-10)9-3-6-11(18-12(17)19)13(15,16)7-9/h1-7,11H,(H3,17,18,19). The minimum absolute atomic E-state index is 0.592. The molecule has 0 bridgehead atoms. The van der Waals surface area contributed by atoms with Crippen LogP contribution in [0.15, 0.2) is 42.5 Å². The van der Waals surface area contributed by atoms with Crippen LogP contribution in [0.5, 0.6) is 0 Å². The fourth-order valence-electron chi connectivity index (χ4n) is 1.79. The highest BCUT2D eigenvalue weighted by Crippen LogP contribution is 2.34. The van der Waals surface area contributed by atoms with Crippen molar-refractivity contribution in [1.29, 1.82) is 0 Å². The molecule has 0 radical (unpaired) electrons. The normalized spacial score (nSPS) is 25.8. The zero-order chi connectivity index (χ0) is 14.0. The largest absolute Gasteiger partial charge is 0.352 e. The summed E-state index contributed by atoms with van der Waals surface area (Å²) >= 11 is 11.6. The van der Waals surface area contributed by atoms with Crippen LogP contribution in [0, 0.1) is 0 Å². The molecule has 3 N–H and O–H groups in total. The Morgan fingerprint density at radius 3 is 2.53 bits per heavy atom. The van der Waals surface area contributed by atoms with Gasteiger partial charge in [0.05, 0.1) is 0 Å². The first-order chi connectivity index (χ1) is 8.88. The van der Waals surface area contributed by atoms with E-state index in [0.717, 1.165) is 5.56 Å². The zero-order valence-corrected chi connectivity index (χ0v) is 11.3. The van der Waals surface area contributed by atoms with E-state index >= 15 is 0 Å². The molecule has 19 heavy (non-hydrogen) atoms. The number of nitrogens with one attached hydrogen (secondary N) is 1. The molecule has 0 fully saturated rings. The van der Waals surface area contributed by atoms with E-state index in [-0.39, 0.29) is 0 Å². The molecular weight excluding hydrogens is 290 g/mol. The van der Waals surface area contributed by atoms with Gasteiger partial charge >= 0.3 is 6.03 Å². The van der Waals surface area contributed by atoms with E-state index in [2.05, 4.69) is 5.32 Å². The smallest absolute Gasteiger partial charge is 0.312 e. The van der Waals surface area contributed by atoms with Gasteiger partial charge in [0.15, 0.2) is 0 Å². The maximum absolute atomic E-state index is 14.3. The van der Waals surface area contributed by atoms with Gasteiger partial charge in [0.2, 0.25) is 5.13 Å². The quantitative estimate of drug-likeness (QED) is 0.810. The van der Waals surface area contributed by atoms with Crippen molar-refractivity contribution in [3.8, 4) is 0 Å². The number of urea groups is 1. The second-order valence-corrected chi connectivity index (χ2v) is 5.14. The predicted molar refractivity (Wildman–Crippen MR) is 74.8 cm³/mol. The number of allylic oxidation sites excluding steroid dienone is 2. The van der Waals surface area contributed by atoms with Gasteiger partial charge < -0.3 is 11.1 Å². The van der Waals surface area contributed by atoms with Gasteiger partial charge in [-0.15, -0.1) is 0 Å². The Hall–Kier alpha value is -1.52. The monoisotopic (exact) mass is 300 g/mol. The van der Waals surface area contributed by atoms with E-state index in [0.29, 0.717) is 10.6 Å². The lowest BCUT2D eigenvalue weighted by Crippen LogP contribution is -2.47. The average Bonchev–Trinajstić information content (AvgIpc) is 2.32. The zero-order valence-electron chi connectivity index (χ0n) is 9.74. The number of carbonyl (C=O) groups excluding carboxylic acids is 1. The average molecular weight is 301 g/mol. The number of rotatable bonds is 2. The van der Waals surface area contributed by atoms with Gasteiger partial charge in [-0.25, -0.2) is 9.18 Å². The summed E-state index contributed by atoms with van der Waals surface area (Å²) in [5, 5.41) is 0.601. The minimum Gasteiger partial charge on any atom is -0.352 e. The maximum atomic E-state index is 14.3. The topological polar surface area (TPSA) is 55.1 Å². The Balaban J connectivity index is 2.27. The number of halogens is 3. The van der Waals surface area contributed by atoms with Gasteiger partial charge in [0, 0.05) is 5.02 Å². The van der Waals surface area contributed by atoms with Gasteiger partial charge in [0.25, 0.3) is 0 Å². The number of alkyl halides is 2. The van der Waals surface area contributed by atoms with E-state index in [4.69, 9.17) is 28.9 Å². The molecule has 3 nitrogen and oxygen atoms in total. The van der Waals surface area contributed by atoms with Crippen LogP contribution < -0.4 is 11.1 Å². The lowest BCUT2D eigenvalue weighted by Gasteiger charge is -2.27. The van der Waals surface area contributed by atoms with Crippen molar-refractivity contribution in [3.63, 3.8) is 0 Å².